The van der Waals surface area contributed by atoms with E-state index in [2.05, 4.69) is 33.5 Å². The molecule has 0 aliphatic heterocycles. The summed E-state index contributed by atoms with van der Waals surface area (Å²) in [6.07, 6.45) is 1.40. The number of hydrogen-bond donors (Lipinski definition) is 1. The van der Waals surface area contributed by atoms with Crippen molar-refractivity contribution in [3.05, 3.63) is 46.7 Å². The first-order valence-electron chi connectivity index (χ1n) is 8.97. The van der Waals surface area contributed by atoms with Gasteiger partial charge in [0.1, 0.15) is 5.75 Å². The quantitative estimate of drug-likeness (QED) is 0.552. The highest BCUT2D eigenvalue weighted by molar-refractivity contribution is 7.99. The van der Waals surface area contributed by atoms with Crippen LogP contribution in [-0.4, -0.2) is 31.4 Å². The van der Waals surface area contributed by atoms with Gasteiger partial charge in [-0.15, -0.1) is 21.5 Å². The van der Waals surface area contributed by atoms with Crippen LogP contribution in [0.5, 0.6) is 5.75 Å². The Balaban J connectivity index is 1.67. The van der Waals surface area contributed by atoms with Crippen LogP contribution < -0.4 is 10.1 Å². The lowest BCUT2D eigenvalue weighted by atomic mass is 10.1. The van der Waals surface area contributed by atoms with Gasteiger partial charge in [0.05, 0.1) is 5.75 Å². The van der Waals surface area contributed by atoms with Gasteiger partial charge in [0.15, 0.2) is 22.2 Å². The minimum Gasteiger partial charge on any atom is -0.482 e. The molecule has 1 aromatic carbocycles. The van der Waals surface area contributed by atoms with Gasteiger partial charge in [-0.1, -0.05) is 23.9 Å². The molecule has 0 fully saturated rings. The topological polar surface area (TPSA) is 81.9 Å². The Morgan fingerprint density at radius 2 is 2.18 bits per heavy atom. The second kappa shape index (κ2) is 9.20. The van der Waals surface area contributed by atoms with Crippen LogP contribution in [-0.2, 0) is 11.3 Å². The normalized spacial score (nSPS) is 12.0. The van der Waals surface area contributed by atoms with E-state index < -0.39 is 0 Å². The molecule has 2 heterocycles. The maximum absolute atomic E-state index is 12.1. The SMILES string of the molecule is CCn1c(SCC(=O)Nc2nccs2)nnc1C(C)Oc1cccc(C)c1C. The third kappa shape index (κ3) is 4.71. The summed E-state index contributed by atoms with van der Waals surface area (Å²) < 4.78 is 8.13. The lowest BCUT2D eigenvalue weighted by molar-refractivity contribution is -0.113. The van der Waals surface area contributed by atoms with E-state index in [1.807, 2.05) is 42.9 Å². The number of nitrogens with zero attached hydrogens (tertiary/aromatic N) is 4. The fourth-order valence-corrected chi connectivity index (χ4v) is 4.02. The van der Waals surface area contributed by atoms with Crippen molar-refractivity contribution in [2.24, 2.45) is 0 Å². The number of nitrogens with one attached hydrogen (secondary N) is 1. The third-order valence-corrected chi connectivity index (χ3v) is 5.95. The molecule has 0 bridgehead atoms. The summed E-state index contributed by atoms with van der Waals surface area (Å²) in [4.78, 5) is 16.1. The predicted molar refractivity (Wildman–Crippen MR) is 112 cm³/mol. The Kier molecular flexibility index (Phi) is 6.69. The van der Waals surface area contributed by atoms with Crippen molar-refractivity contribution in [1.82, 2.24) is 19.7 Å². The molecule has 0 aliphatic carbocycles. The van der Waals surface area contributed by atoms with Gasteiger partial charge in [-0.3, -0.25) is 4.79 Å². The highest BCUT2D eigenvalue weighted by Crippen LogP contribution is 2.28. The van der Waals surface area contributed by atoms with Crippen molar-refractivity contribution in [3.8, 4) is 5.75 Å². The number of ether oxygens (including phenoxy) is 1. The van der Waals surface area contributed by atoms with E-state index in [0.717, 1.165) is 17.1 Å². The average Bonchev–Trinajstić information content (AvgIpc) is 3.33. The summed E-state index contributed by atoms with van der Waals surface area (Å²) in [6.45, 7) is 8.79. The van der Waals surface area contributed by atoms with Crippen LogP contribution in [0.15, 0.2) is 34.9 Å². The first-order chi connectivity index (χ1) is 13.5. The standard InChI is InChI=1S/C19H23N5O2S2/c1-5-24-17(14(4)26-15-8-6-7-12(2)13(15)3)22-23-19(24)28-11-16(25)21-18-20-9-10-27-18/h6-10,14H,5,11H2,1-4H3,(H,20,21,25). The number of benzene rings is 1. The summed E-state index contributed by atoms with van der Waals surface area (Å²) in [7, 11) is 0. The highest BCUT2D eigenvalue weighted by Gasteiger charge is 2.20. The van der Waals surface area contributed by atoms with E-state index in [-0.39, 0.29) is 17.8 Å². The number of aromatic nitrogens is 4. The number of amides is 1. The van der Waals surface area contributed by atoms with Crippen molar-refractivity contribution >= 4 is 34.1 Å². The molecule has 0 radical (unpaired) electrons. The van der Waals surface area contributed by atoms with Crippen molar-refractivity contribution in [2.75, 3.05) is 11.1 Å². The van der Waals surface area contributed by atoms with Gasteiger partial charge in [-0.05, 0) is 44.9 Å². The third-order valence-electron chi connectivity index (χ3n) is 4.29. The molecule has 0 saturated heterocycles. The molecule has 1 atom stereocenters. The average molecular weight is 418 g/mol. The van der Waals surface area contributed by atoms with Gasteiger partial charge in [0, 0.05) is 18.1 Å². The number of anilines is 1. The van der Waals surface area contributed by atoms with E-state index >= 15 is 0 Å². The first kappa shape index (κ1) is 20.3. The summed E-state index contributed by atoms with van der Waals surface area (Å²) in [5.74, 6) is 1.71. The van der Waals surface area contributed by atoms with E-state index in [4.69, 9.17) is 4.74 Å². The molecule has 0 aliphatic rings. The molecular weight excluding hydrogens is 394 g/mol. The fourth-order valence-electron chi connectivity index (χ4n) is 2.67. The Morgan fingerprint density at radius 3 is 2.89 bits per heavy atom. The number of hydrogen-bond acceptors (Lipinski definition) is 7. The van der Waals surface area contributed by atoms with Crippen molar-refractivity contribution in [1.29, 1.82) is 0 Å². The minimum absolute atomic E-state index is 0.119. The lowest BCUT2D eigenvalue weighted by Crippen LogP contribution is -2.15. The molecule has 1 unspecified atom stereocenters. The number of aryl methyl sites for hydroxylation is 1. The Labute approximate surface area is 172 Å². The van der Waals surface area contributed by atoms with Crippen LogP contribution >= 0.6 is 23.1 Å². The maximum Gasteiger partial charge on any atom is 0.236 e. The molecule has 3 rings (SSSR count). The second-order valence-electron chi connectivity index (χ2n) is 6.22. The Hall–Kier alpha value is -2.39. The monoisotopic (exact) mass is 417 g/mol. The summed E-state index contributed by atoms with van der Waals surface area (Å²) >= 11 is 2.74. The van der Waals surface area contributed by atoms with Crippen LogP contribution in [0.2, 0.25) is 0 Å². The molecule has 9 heteroatoms. The number of carbonyl (C=O) groups is 1. The van der Waals surface area contributed by atoms with Crippen LogP contribution in [0.1, 0.15) is 36.9 Å². The summed E-state index contributed by atoms with van der Waals surface area (Å²) in [5, 5.41) is 14.5. The van der Waals surface area contributed by atoms with Crippen LogP contribution in [0.4, 0.5) is 5.13 Å². The van der Waals surface area contributed by atoms with E-state index in [9.17, 15) is 4.79 Å². The predicted octanol–water partition coefficient (Wildman–Crippen LogP) is 4.24. The van der Waals surface area contributed by atoms with Gasteiger partial charge in [-0.2, -0.15) is 0 Å². The zero-order valence-electron chi connectivity index (χ0n) is 16.3. The summed E-state index contributed by atoms with van der Waals surface area (Å²) in [5.41, 5.74) is 2.30. The zero-order valence-corrected chi connectivity index (χ0v) is 17.9. The number of carbonyl (C=O) groups excluding carboxylic acids is 1. The lowest BCUT2D eigenvalue weighted by Gasteiger charge is -2.17. The number of thioether (sulfide) groups is 1. The van der Waals surface area contributed by atoms with Crippen molar-refractivity contribution in [3.63, 3.8) is 0 Å². The van der Waals surface area contributed by atoms with Gasteiger partial charge >= 0.3 is 0 Å². The molecule has 1 amide bonds. The van der Waals surface area contributed by atoms with Gasteiger partial charge < -0.3 is 14.6 Å². The fraction of sp³-hybridized carbons (Fsp3) is 0.368. The Bertz CT molecular complexity index is 940. The second-order valence-corrected chi connectivity index (χ2v) is 8.05. The summed E-state index contributed by atoms with van der Waals surface area (Å²) in [6, 6.07) is 6.01. The van der Waals surface area contributed by atoms with E-state index in [1.165, 1.54) is 28.7 Å². The molecular formula is C19H23N5O2S2. The van der Waals surface area contributed by atoms with Crippen LogP contribution in [0, 0.1) is 13.8 Å². The molecule has 0 saturated carbocycles. The largest absolute Gasteiger partial charge is 0.482 e. The zero-order chi connectivity index (χ0) is 20.1. The van der Waals surface area contributed by atoms with Gasteiger partial charge in [0.2, 0.25) is 5.91 Å². The first-order valence-corrected chi connectivity index (χ1v) is 10.8. The van der Waals surface area contributed by atoms with Crippen LogP contribution in [0.25, 0.3) is 0 Å². The molecule has 2 aromatic heterocycles. The minimum atomic E-state index is -0.258. The van der Waals surface area contributed by atoms with Gasteiger partial charge in [-0.25, -0.2) is 4.98 Å². The highest BCUT2D eigenvalue weighted by atomic mass is 32.2. The molecule has 1 N–H and O–H groups in total. The molecule has 7 nitrogen and oxygen atoms in total. The van der Waals surface area contributed by atoms with E-state index in [0.29, 0.717) is 16.8 Å². The maximum atomic E-state index is 12.1. The van der Waals surface area contributed by atoms with Crippen molar-refractivity contribution < 1.29 is 9.53 Å². The van der Waals surface area contributed by atoms with Crippen molar-refractivity contribution in [2.45, 2.75) is 45.5 Å². The molecule has 148 valence electrons. The smallest absolute Gasteiger partial charge is 0.236 e. The number of thiazole rings is 1. The van der Waals surface area contributed by atoms with Crippen LogP contribution in [0.3, 0.4) is 0 Å². The molecule has 0 spiro atoms. The number of rotatable bonds is 8. The molecule has 28 heavy (non-hydrogen) atoms. The Morgan fingerprint density at radius 1 is 1.36 bits per heavy atom. The van der Waals surface area contributed by atoms with Gasteiger partial charge in [0.25, 0.3) is 0 Å². The molecule has 3 aromatic rings. The van der Waals surface area contributed by atoms with E-state index in [1.54, 1.807) is 6.20 Å².